The van der Waals surface area contributed by atoms with E-state index in [1.54, 1.807) is 6.92 Å². The van der Waals surface area contributed by atoms with Gasteiger partial charge in [0.25, 0.3) is 0 Å². The average molecular weight is 301 g/mol. The van der Waals surface area contributed by atoms with Crippen molar-refractivity contribution in [3.05, 3.63) is 0 Å². The van der Waals surface area contributed by atoms with E-state index in [1.807, 2.05) is 0 Å². The molecule has 1 fully saturated rings. The van der Waals surface area contributed by atoms with E-state index in [-0.39, 0.29) is 60.6 Å². The molecule has 1 atom stereocenters. The summed E-state index contributed by atoms with van der Waals surface area (Å²) in [6.07, 6.45) is 0.245. The van der Waals surface area contributed by atoms with E-state index in [4.69, 9.17) is 0 Å². The van der Waals surface area contributed by atoms with Gasteiger partial charge in [0.1, 0.15) is 0 Å². The number of nitrogens with zero attached hydrogens (tertiary/aromatic N) is 1. The summed E-state index contributed by atoms with van der Waals surface area (Å²) in [6.45, 7) is 2.16. The van der Waals surface area contributed by atoms with Crippen LogP contribution in [0.2, 0.25) is 0 Å². The third kappa shape index (κ3) is 4.84. The molecule has 1 aliphatic heterocycles. The van der Waals surface area contributed by atoms with Gasteiger partial charge in [-0.25, -0.2) is 0 Å². The molecule has 1 heterocycles. The highest BCUT2D eigenvalue weighted by molar-refractivity contribution is 8.00. The van der Waals surface area contributed by atoms with E-state index in [9.17, 15) is 19.2 Å². The van der Waals surface area contributed by atoms with Crippen LogP contribution in [-0.4, -0.2) is 60.2 Å². The summed E-state index contributed by atoms with van der Waals surface area (Å²) in [5.41, 5.74) is 0. The van der Waals surface area contributed by atoms with Gasteiger partial charge in [0, 0.05) is 32.5 Å². The van der Waals surface area contributed by atoms with Gasteiger partial charge in [-0.1, -0.05) is 6.92 Å². The fraction of sp³-hybridized carbons (Fsp3) is 0.667. The average Bonchev–Trinajstić information content (AvgIpc) is 2.64. The van der Waals surface area contributed by atoms with Crippen LogP contribution in [0.1, 0.15) is 13.3 Å². The summed E-state index contributed by atoms with van der Waals surface area (Å²) in [5.74, 6) is -0.586. The Labute approximate surface area is 121 Å². The molecule has 2 N–H and O–H groups in total. The predicted octanol–water partition coefficient (Wildman–Crippen LogP) is -1.02. The number of carbonyl (C=O) groups is 4. The molecule has 0 aromatic rings. The van der Waals surface area contributed by atoms with Crippen molar-refractivity contribution in [2.45, 2.75) is 13.3 Å². The molecular weight excluding hydrogens is 282 g/mol. The van der Waals surface area contributed by atoms with Crippen LogP contribution in [0.25, 0.3) is 0 Å². The standard InChI is InChI=1S/C12H19N3O4S/c1-8-5-11(18)15(12(8)19)4-3-14-10(17)7-20-6-9(16)13-2/h8H,3-7H2,1-2H3,(H,13,16)(H,14,17)/t8-/m1/s1. The van der Waals surface area contributed by atoms with Gasteiger partial charge >= 0.3 is 0 Å². The van der Waals surface area contributed by atoms with E-state index in [0.29, 0.717) is 0 Å². The lowest BCUT2D eigenvalue weighted by Gasteiger charge is -2.14. The van der Waals surface area contributed by atoms with Gasteiger partial charge in [0.05, 0.1) is 11.5 Å². The topological polar surface area (TPSA) is 95.6 Å². The highest BCUT2D eigenvalue weighted by atomic mass is 32.2. The zero-order chi connectivity index (χ0) is 15.1. The molecular formula is C12H19N3O4S. The summed E-state index contributed by atoms with van der Waals surface area (Å²) >= 11 is 1.21. The summed E-state index contributed by atoms with van der Waals surface area (Å²) in [5, 5.41) is 5.08. The number of carbonyl (C=O) groups excluding carboxylic acids is 4. The minimum absolute atomic E-state index is 0.134. The maximum Gasteiger partial charge on any atom is 0.232 e. The van der Waals surface area contributed by atoms with Crippen LogP contribution in [0, 0.1) is 5.92 Å². The van der Waals surface area contributed by atoms with Crippen molar-refractivity contribution in [1.29, 1.82) is 0 Å². The molecule has 1 aliphatic rings. The molecule has 0 unspecified atom stereocenters. The largest absolute Gasteiger partial charge is 0.358 e. The monoisotopic (exact) mass is 301 g/mol. The first-order valence-electron chi connectivity index (χ1n) is 6.35. The highest BCUT2D eigenvalue weighted by Gasteiger charge is 2.34. The molecule has 1 rings (SSSR count). The van der Waals surface area contributed by atoms with E-state index in [0.717, 1.165) is 0 Å². The normalized spacial score (nSPS) is 18.3. The van der Waals surface area contributed by atoms with Crippen LogP contribution in [0.15, 0.2) is 0 Å². The molecule has 8 heteroatoms. The first-order chi connectivity index (χ1) is 9.45. The Hall–Kier alpha value is -1.57. The van der Waals surface area contributed by atoms with Crippen molar-refractivity contribution in [3.8, 4) is 0 Å². The van der Waals surface area contributed by atoms with Crippen molar-refractivity contribution < 1.29 is 19.2 Å². The number of thioether (sulfide) groups is 1. The van der Waals surface area contributed by atoms with Gasteiger partial charge in [-0.15, -0.1) is 11.8 Å². The Kier molecular flexibility index (Phi) is 6.50. The zero-order valence-corrected chi connectivity index (χ0v) is 12.4. The van der Waals surface area contributed by atoms with Crippen LogP contribution in [-0.2, 0) is 19.2 Å². The van der Waals surface area contributed by atoms with Crippen molar-refractivity contribution in [1.82, 2.24) is 15.5 Å². The molecule has 20 heavy (non-hydrogen) atoms. The second-order valence-electron chi connectivity index (χ2n) is 4.50. The summed E-state index contributed by atoms with van der Waals surface area (Å²) in [7, 11) is 1.54. The lowest BCUT2D eigenvalue weighted by Crippen LogP contribution is -2.39. The minimum Gasteiger partial charge on any atom is -0.358 e. The van der Waals surface area contributed by atoms with Crippen LogP contribution >= 0.6 is 11.8 Å². The number of imide groups is 1. The second kappa shape index (κ2) is 7.88. The van der Waals surface area contributed by atoms with Gasteiger partial charge in [0.15, 0.2) is 0 Å². The number of hydrogen-bond donors (Lipinski definition) is 2. The minimum atomic E-state index is -0.263. The van der Waals surface area contributed by atoms with Gasteiger partial charge in [-0.2, -0.15) is 0 Å². The molecule has 0 bridgehead atoms. The fourth-order valence-corrected chi connectivity index (χ4v) is 2.47. The summed E-state index contributed by atoms with van der Waals surface area (Å²) < 4.78 is 0. The molecule has 7 nitrogen and oxygen atoms in total. The first-order valence-corrected chi connectivity index (χ1v) is 7.50. The zero-order valence-electron chi connectivity index (χ0n) is 11.6. The molecule has 1 saturated heterocycles. The van der Waals surface area contributed by atoms with Crippen molar-refractivity contribution in [3.63, 3.8) is 0 Å². The Bertz CT molecular complexity index is 414. The summed E-state index contributed by atoms with van der Waals surface area (Å²) in [6, 6.07) is 0. The van der Waals surface area contributed by atoms with Crippen LogP contribution in [0.3, 0.4) is 0 Å². The van der Waals surface area contributed by atoms with Gasteiger partial charge < -0.3 is 10.6 Å². The number of amides is 4. The van der Waals surface area contributed by atoms with E-state index >= 15 is 0 Å². The van der Waals surface area contributed by atoms with Gasteiger partial charge in [-0.3, -0.25) is 24.1 Å². The highest BCUT2D eigenvalue weighted by Crippen LogP contribution is 2.17. The van der Waals surface area contributed by atoms with E-state index in [2.05, 4.69) is 10.6 Å². The van der Waals surface area contributed by atoms with E-state index in [1.165, 1.54) is 23.7 Å². The molecule has 4 amide bonds. The second-order valence-corrected chi connectivity index (χ2v) is 5.49. The molecule has 0 aromatic carbocycles. The lowest BCUT2D eigenvalue weighted by molar-refractivity contribution is -0.139. The quantitative estimate of drug-likeness (QED) is 0.587. The lowest BCUT2D eigenvalue weighted by atomic mass is 10.1. The molecule has 0 spiro atoms. The molecule has 0 saturated carbocycles. The van der Waals surface area contributed by atoms with Gasteiger partial charge in [-0.05, 0) is 0 Å². The van der Waals surface area contributed by atoms with Crippen molar-refractivity contribution in [2.75, 3.05) is 31.6 Å². The number of rotatable bonds is 7. The van der Waals surface area contributed by atoms with Crippen LogP contribution in [0.5, 0.6) is 0 Å². The SMILES string of the molecule is CNC(=O)CSCC(=O)NCCN1C(=O)C[C@@H](C)C1=O. The summed E-state index contributed by atoms with van der Waals surface area (Å²) in [4.78, 5) is 46.7. The van der Waals surface area contributed by atoms with Crippen LogP contribution in [0.4, 0.5) is 0 Å². The molecule has 0 radical (unpaired) electrons. The maximum absolute atomic E-state index is 11.6. The Morgan fingerprint density at radius 3 is 2.50 bits per heavy atom. The number of likely N-dealkylation sites (tertiary alicyclic amines) is 1. The number of nitrogens with one attached hydrogen (secondary N) is 2. The van der Waals surface area contributed by atoms with Crippen LogP contribution < -0.4 is 10.6 Å². The fourth-order valence-electron chi connectivity index (χ4n) is 1.75. The Morgan fingerprint density at radius 1 is 1.30 bits per heavy atom. The predicted molar refractivity (Wildman–Crippen MR) is 74.9 cm³/mol. The first kappa shape index (κ1) is 16.5. The van der Waals surface area contributed by atoms with Gasteiger partial charge in [0.2, 0.25) is 23.6 Å². The number of hydrogen-bond acceptors (Lipinski definition) is 5. The Morgan fingerprint density at radius 2 is 1.95 bits per heavy atom. The maximum atomic E-state index is 11.6. The third-order valence-corrected chi connectivity index (χ3v) is 3.80. The Balaban J connectivity index is 2.17. The molecule has 0 aliphatic carbocycles. The third-order valence-electron chi connectivity index (χ3n) is 2.87. The van der Waals surface area contributed by atoms with Crippen molar-refractivity contribution in [2.24, 2.45) is 5.92 Å². The molecule has 112 valence electrons. The van der Waals surface area contributed by atoms with E-state index < -0.39 is 0 Å². The smallest absolute Gasteiger partial charge is 0.232 e. The molecule has 0 aromatic heterocycles. The van der Waals surface area contributed by atoms with Crippen molar-refractivity contribution >= 4 is 35.4 Å².